The van der Waals surface area contributed by atoms with Crippen LogP contribution in [0.25, 0.3) is 0 Å². The van der Waals surface area contributed by atoms with E-state index in [1.807, 2.05) is 72.7 Å². The summed E-state index contributed by atoms with van der Waals surface area (Å²) in [4.78, 5) is 88.8. The molecule has 0 aromatic heterocycles. The van der Waals surface area contributed by atoms with Gasteiger partial charge >= 0.3 is 0 Å². The zero-order valence-electron chi connectivity index (χ0n) is 45.7. The minimum absolute atomic E-state index is 0.00341. The Hall–Kier alpha value is -6.90. The molecule has 5 aliphatic heterocycles. The lowest BCUT2D eigenvalue weighted by Gasteiger charge is -2.26. The minimum atomic E-state index is -4.81. The maximum Gasteiger partial charge on any atom is 0.276 e. The maximum absolute atomic E-state index is 14.2. The molecule has 2 unspecified atom stereocenters. The number of fused-ring (bicyclic) bond motifs is 8. The first kappa shape index (κ1) is 59.3. The van der Waals surface area contributed by atoms with Gasteiger partial charge in [0, 0.05) is 80.1 Å². The van der Waals surface area contributed by atoms with Crippen molar-refractivity contribution in [3.05, 3.63) is 124 Å². The number of aliphatic imine (C=N–C) groups is 1. The van der Waals surface area contributed by atoms with Crippen LogP contribution in [-0.2, 0) is 55.4 Å². The molecule has 5 heterocycles. The van der Waals surface area contributed by atoms with Gasteiger partial charge in [-0.1, -0.05) is 58.0 Å². The van der Waals surface area contributed by atoms with Crippen LogP contribution in [0.2, 0.25) is 0 Å². The van der Waals surface area contributed by atoms with Gasteiger partial charge < -0.3 is 39.8 Å². The lowest BCUT2D eigenvalue weighted by atomic mass is 10.1. The number of carbonyl (C=O) groups excluding carboxylic acids is 6. The Morgan fingerprint density at radius 2 is 1.48 bits per heavy atom. The largest absolute Gasteiger partial charge is 0.493 e. The molecule has 0 radical (unpaired) electrons. The topological polar surface area (TPSA) is 252 Å². The molecule has 0 saturated carbocycles. The number of nitrogens with one attached hydrogen (secondary N) is 3. The van der Waals surface area contributed by atoms with Gasteiger partial charge in [0.2, 0.25) is 23.6 Å². The Morgan fingerprint density at radius 1 is 0.843 bits per heavy atom. The number of likely N-dealkylation sites (tertiary alicyclic amines) is 1. The molecule has 25 heteroatoms. The Kier molecular flexibility index (Phi) is 17.9. The van der Waals surface area contributed by atoms with Crippen molar-refractivity contribution in [1.29, 1.82) is 0 Å². The summed E-state index contributed by atoms with van der Waals surface area (Å²) in [5.41, 5.74) is 7.52. The molecule has 5 aromatic carbocycles. The van der Waals surface area contributed by atoms with Gasteiger partial charge in [0.05, 0.1) is 58.1 Å². The summed E-state index contributed by atoms with van der Waals surface area (Å²) >= 11 is 5.58. The van der Waals surface area contributed by atoms with E-state index in [9.17, 15) is 41.7 Å². The molecule has 0 spiro atoms. The number of para-hydroxylation sites is 2. The van der Waals surface area contributed by atoms with E-state index in [1.54, 1.807) is 47.5 Å². The van der Waals surface area contributed by atoms with Crippen molar-refractivity contribution in [2.24, 2.45) is 4.99 Å². The van der Waals surface area contributed by atoms with Crippen molar-refractivity contribution >= 4 is 126 Å². The van der Waals surface area contributed by atoms with E-state index >= 15 is 0 Å². The van der Waals surface area contributed by atoms with Crippen LogP contribution < -0.4 is 44.7 Å². The molecule has 6 amide bonds. The number of ether oxygens (including phenoxy) is 4. The van der Waals surface area contributed by atoms with Crippen LogP contribution in [0.15, 0.2) is 96.0 Å². The van der Waals surface area contributed by atoms with Gasteiger partial charge in [-0.05, 0) is 97.2 Å². The summed E-state index contributed by atoms with van der Waals surface area (Å²) < 4.78 is 58.6. The van der Waals surface area contributed by atoms with E-state index in [2.05, 4.69) is 28.6 Å². The number of amides is 6. The highest BCUT2D eigenvalue weighted by atomic mass is 33.1. The van der Waals surface area contributed by atoms with E-state index in [0.29, 0.717) is 81.7 Å². The Bertz CT molecular complexity index is 3550. The van der Waals surface area contributed by atoms with Crippen LogP contribution in [0.3, 0.4) is 0 Å². The molecule has 83 heavy (non-hydrogen) atoms. The predicted molar refractivity (Wildman–Crippen MR) is 326 cm³/mol. The maximum atomic E-state index is 14.2. The third-order valence-electron chi connectivity index (χ3n) is 15.1. The number of benzene rings is 5. The average Bonchev–Trinajstić information content (AvgIpc) is 2.35. The molecule has 4 N–H and O–H groups in total. The average molecular weight is 1220 g/mol. The molecular weight excluding hydrogens is 1160 g/mol. The standard InChI is InChI=1S/C58H61N7O13S5/c1-58(80-4,82-81-18-14-51(83(72,73)74)54(68)59-16-17-63-53(67)28-50(79)57(63)71)15-13-52(66)62-37-20-33(31-77-48-26-42-40(24-46(48)75-2)55(69)64-38(29-60-42)22-35-9-5-7-11-44(35)64)19-34(21-37)32-78-49-27-43-41(25-47(49)76-3)56(70)65-39(30-61-43)23-36-10-6-8-12-45(36)65/h5-12,19-21,24-27,29,38-39,50-51,61,79H,13-18,22-23,28,30-32H2,1-4H3,(H,59,68)(H,62,66)(H,72,73,74)/t38-,39+,50?,51?,58+/m1/s1. The molecule has 436 valence electrons. The van der Waals surface area contributed by atoms with Gasteiger partial charge in [-0.3, -0.25) is 48.1 Å². The molecule has 5 aliphatic rings. The van der Waals surface area contributed by atoms with Crippen LogP contribution in [0, 0.1) is 0 Å². The smallest absolute Gasteiger partial charge is 0.276 e. The zero-order chi connectivity index (χ0) is 58.7. The lowest BCUT2D eigenvalue weighted by Crippen LogP contribution is -2.44. The van der Waals surface area contributed by atoms with Crippen molar-refractivity contribution in [2.75, 3.05) is 66.3 Å². The molecule has 0 aliphatic carbocycles. The summed E-state index contributed by atoms with van der Waals surface area (Å²) in [5.74, 6) is -0.999. The van der Waals surface area contributed by atoms with Gasteiger partial charge in [-0.25, -0.2) is 0 Å². The zero-order valence-corrected chi connectivity index (χ0v) is 49.9. The Morgan fingerprint density at radius 3 is 2.13 bits per heavy atom. The van der Waals surface area contributed by atoms with E-state index in [4.69, 9.17) is 23.9 Å². The summed E-state index contributed by atoms with van der Waals surface area (Å²) in [7, 11) is 0.897. The number of thioether (sulfide) groups is 1. The summed E-state index contributed by atoms with van der Waals surface area (Å²) in [6.07, 6.45) is 5.21. The van der Waals surface area contributed by atoms with Crippen LogP contribution in [0.4, 0.5) is 28.4 Å². The number of thiol groups is 1. The third kappa shape index (κ3) is 12.9. The van der Waals surface area contributed by atoms with Crippen molar-refractivity contribution < 1.29 is 60.7 Å². The summed E-state index contributed by atoms with van der Waals surface area (Å²) in [5, 5.41) is 6.38. The summed E-state index contributed by atoms with van der Waals surface area (Å²) in [6.45, 7) is 2.12. The van der Waals surface area contributed by atoms with Gasteiger partial charge in [0.25, 0.3) is 21.9 Å². The molecule has 10 rings (SSSR count). The number of methoxy groups -OCH3 is 2. The SMILES string of the molecule is COc1cc2c(cc1OCc1cc(COc3cc4c(cc3OC)C(=O)N3c5ccccc5C[C@H]3CN4)cc(NC(=O)CC[C@@](C)(SC)SSCCC(C(=O)NCCN3C(=O)CC(S)C3=O)S(=O)(=O)O)c1)N=C[C@H]1Cc3ccccc3N1C2=O. The quantitative estimate of drug-likeness (QED) is 0.0103. The fraction of sp³-hybridized carbons (Fsp3) is 0.362. The first-order chi connectivity index (χ1) is 39.8. The van der Waals surface area contributed by atoms with Crippen LogP contribution >= 0.6 is 46.0 Å². The van der Waals surface area contributed by atoms with Crippen molar-refractivity contribution in [3.63, 3.8) is 0 Å². The fourth-order valence-corrected chi connectivity index (χ4v) is 15.9. The second-order valence-corrected chi connectivity index (χ2v) is 27.3. The van der Waals surface area contributed by atoms with Crippen LogP contribution in [0.5, 0.6) is 23.0 Å². The first-order valence-corrected chi connectivity index (χ1v) is 32.3. The van der Waals surface area contributed by atoms with E-state index in [-0.39, 0.29) is 81.1 Å². The number of imide groups is 1. The highest BCUT2D eigenvalue weighted by molar-refractivity contribution is 8.78. The van der Waals surface area contributed by atoms with Gasteiger partial charge in [0.15, 0.2) is 28.2 Å². The number of hydrogen-bond donors (Lipinski definition) is 5. The number of anilines is 4. The molecule has 5 atom stereocenters. The van der Waals surface area contributed by atoms with Gasteiger partial charge in [0.1, 0.15) is 13.2 Å². The molecule has 20 nitrogen and oxygen atoms in total. The van der Waals surface area contributed by atoms with Gasteiger partial charge in [-0.15, -0.1) is 11.8 Å². The molecule has 1 fully saturated rings. The molecular formula is C58H61N7O13S5. The Labute approximate surface area is 498 Å². The second-order valence-electron chi connectivity index (χ2n) is 20.6. The second kappa shape index (κ2) is 25.1. The number of rotatable bonds is 23. The highest BCUT2D eigenvalue weighted by Gasteiger charge is 2.40. The lowest BCUT2D eigenvalue weighted by molar-refractivity contribution is -0.138. The highest BCUT2D eigenvalue weighted by Crippen LogP contribution is 2.47. The monoisotopic (exact) mass is 1220 g/mol. The molecule has 0 bridgehead atoms. The van der Waals surface area contributed by atoms with Crippen LogP contribution in [-0.4, -0.2) is 132 Å². The summed E-state index contributed by atoms with van der Waals surface area (Å²) in [6, 6.07) is 27.6. The molecule has 1 saturated heterocycles. The van der Waals surface area contributed by atoms with Crippen molar-refractivity contribution in [1.82, 2.24) is 10.2 Å². The van der Waals surface area contributed by atoms with E-state index in [0.717, 1.165) is 33.8 Å². The van der Waals surface area contributed by atoms with E-state index in [1.165, 1.54) is 47.6 Å². The van der Waals surface area contributed by atoms with Crippen molar-refractivity contribution in [2.45, 2.75) is 85.3 Å². The number of nitrogens with zero attached hydrogens (tertiary/aromatic N) is 4. The van der Waals surface area contributed by atoms with E-state index < -0.39 is 42.4 Å². The van der Waals surface area contributed by atoms with Gasteiger partial charge in [-0.2, -0.15) is 21.0 Å². The number of carbonyl (C=O) groups is 6. The fourth-order valence-electron chi connectivity index (χ4n) is 10.7. The van der Waals surface area contributed by atoms with Crippen molar-refractivity contribution in [3.8, 4) is 23.0 Å². The number of hydrogen-bond acceptors (Lipinski definition) is 18. The third-order valence-corrected chi connectivity index (χ3v) is 21.8. The normalized spacial score (nSPS) is 18.8. The minimum Gasteiger partial charge on any atom is -0.493 e. The van der Waals surface area contributed by atoms with Crippen LogP contribution in [0.1, 0.15) is 75.6 Å². The Balaban J connectivity index is 0.825. The predicted octanol–water partition coefficient (Wildman–Crippen LogP) is 8.15. The molecule has 5 aromatic rings. The first-order valence-electron chi connectivity index (χ1n) is 26.7.